The van der Waals surface area contributed by atoms with Gasteiger partial charge in [0.25, 0.3) is 0 Å². The fraction of sp³-hybridized carbons (Fsp3) is 0.350. The fourth-order valence-corrected chi connectivity index (χ4v) is 3.95. The zero-order chi connectivity index (χ0) is 22.3. The summed E-state index contributed by atoms with van der Waals surface area (Å²) in [6, 6.07) is 4.73. The lowest BCUT2D eigenvalue weighted by Gasteiger charge is -2.23. The number of carboxylic acids is 1. The van der Waals surface area contributed by atoms with Gasteiger partial charge in [0, 0.05) is 16.2 Å². The van der Waals surface area contributed by atoms with Gasteiger partial charge in [0.15, 0.2) is 0 Å². The molecule has 0 radical (unpaired) electrons. The van der Waals surface area contributed by atoms with Gasteiger partial charge in [-0.15, -0.1) is 0 Å². The maximum atomic E-state index is 13.4. The minimum atomic E-state index is -4.61. The summed E-state index contributed by atoms with van der Waals surface area (Å²) in [5.74, 6) is -3.02. The number of nitrogens with two attached hydrogens (primary N) is 1. The number of hydrogen-bond donors (Lipinski definition) is 2. The number of pyridine rings is 1. The largest absolute Gasteiger partial charge is 0.481 e. The molecule has 10 heteroatoms. The Hall–Kier alpha value is -2.62. The van der Waals surface area contributed by atoms with E-state index in [1.54, 1.807) is 6.07 Å². The van der Waals surface area contributed by atoms with Gasteiger partial charge in [-0.1, -0.05) is 6.07 Å². The number of carbonyl (C=O) groups is 2. The molecule has 1 aliphatic rings. The molecule has 3 rings (SSSR count). The highest BCUT2D eigenvalue weighted by atomic mass is 79.9. The van der Waals surface area contributed by atoms with Gasteiger partial charge in [-0.25, -0.2) is 4.98 Å². The third kappa shape index (κ3) is 4.14. The number of methoxy groups -OCH3 is 1. The summed E-state index contributed by atoms with van der Waals surface area (Å²) >= 11 is 3.28. The van der Waals surface area contributed by atoms with Gasteiger partial charge in [0.05, 0.1) is 24.0 Å². The molecule has 1 aromatic carbocycles. The Labute approximate surface area is 178 Å². The molecule has 160 valence electrons. The molecule has 1 atom stereocenters. The van der Waals surface area contributed by atoms with Crippen LogP contribution in [0.5, 0.6) is 5.88 Å². The van der Waals surface area contributed by atoms with Crippen molar-refractivity contribution < 1.29 is 32.6 Å². The smallest absolute Gasteiger partial charge is 0.416 e. The number of halogens is 4. The Morgan fingerprint density at radius 3 is 2.47 bits per heavy atom. The summed E-state index contributed by atoms with van der Waals surface area (Å²) in [5, 5.41) is 9.57. The molecular formula is C20H18BrF3N2O4. The number of carboxylic acid groups (broad SMARTS) is 1. The predicted octanol–water partition coefficient (Wildman–Crippen LogP) is 4.05. The predicted molar refractivity (Wildman–Crippen MR) is 105 cm³/mol. The van der Waals surface area contributed by atoms with Crippen molar-refractivity contribution in [2.24, 2.45) is 17.1 Å². The summed E-state index contributed by atoms with van der Waals surface area (Å²) in [5.41, 5.74) is 4.10. The average Bonchev–Trinajstić information content (AvgIpc) is 3.46. The van der Waals surface area contributed by atoms with Crippen LogP contribution in [0.1, 0.15) is 24.0 Å². The number of ether oxygens (including phenoxy) is 1. The quantitative estimate of drug-likeness (QED) is 0.614. The molecule has 0 spiro atoms. The molecule has 1 heterocycles. The van der Waals surface area contributed by atoms with Crippen LogP contribution in [0.15, 0.2) is 34.9 Å². The van der Waals surface area contributed by atoms with E-state index >= 15 is 0 Å². The number of benzene rings is 1. The topological polar surface area (TPSA) is 103 Å². The zero-order valence-corrected chi connectivity index (χ0v) is 17.4. The second kappa shape index (κ2) is 7.90. The molecule has 2 aromatic rings. The summed E-state index contributed by atoms with van der Waals surface area (Å²) < 4.78 is 45.9. The van der Waals surface area contributed by atoms with Crippen molar-refractivity contribution in [1.82, 2.24) is 4.98 Å². The first-order chi connectivity index (χ1) is 14.0. The fourth-order valence-electron chi connectivity index (χ4n) is 3.62. The molecule has 0 aliphatic heterocycles. The van der Waals surface area contributed by atoms with Gasteiger partial charge >= 0.3 is 12.1 Å². The van der Waals surface area contributed by atoms with Crippen molar-refractivity contribution in [3.05, 3.63) is 46.1 Å². The number of hydrogen-bond acceptors (Lipinski definition) is 4. The monoisotopic (exact) mass is 486 g/mol. The van der Waals surface area contributed by atoms with Crippen molar-refractivity contribution in [3.8, 4) is 17.0 Å². The highest BCUT2D eigenvalue weighted by molar-refractivity contribution is 9.10. The van der Waals surface area contributed by atoms with Gasteiger partial charge in [0.1, 0.15) is 0 Å². The van der Waals surface area contributed by atoms with E-state index in [1.807, 2.05) is 0 Å². The number of rotatable bonds is 7. The third-order valence-corrected chi connectivity index (χ3v) is 5.82. The molecular weight excluding hydrogens is 469 g/mol. The molecule has 1 aliphatic carbocycles. The second-order valence-corrected chi connectivity index (χ2v) is 8.12. The van der Waals surface area contributed by atoms with E-state index in [-0.39, 0.29) is 30.7 Å². The maximum absolute atomic E-state index is 13.4. The van der Waals surface area contributed by atoms with E-state index in [1.165, 1.54) is 19.4 Å². The van der Waals surface area contributed by atoms with E-state index in [4.69, 9.17) is 10.5 Å². The molecule has 1 amide bonds. The number of aliphatic carboxylic acids is 1. The first-order valence-electron chi connectivity index (χ1n) is 8.92. The van der Waals surface area contributed by atoms with Crippen LogP contribution in [0, 0.1) is 11.3 Å². The summed E-state index contributed by atoms with van der Waals surface area (Å²) in [6.07, 6.45) is -2.91. The summed E-state index contributed by atoms with van der Waals surface area (Å²) in [4.78, 5) is 27.9. The normalized spacial score (nSPS) is 16.0. The first-order valence-corrected chi connectivity index (χ1v) is 9.71. The third-order valence-electron chi connectivity index (χ3n) is 5.38. The summed E-state index contributed by atoms with van der Waals surface area (Å²) in [6.45, 7) is 0. The molecule has 1 aromatic heterocycles. The van der Waals surface area contributed by atoms with E-state index in [9.17, 15) is 27.9 Å². The van der Waals surface area contributed by atoms with Crippen LogP contribution < -0.4 is 10.5 Å². The Morgan fingerprint density at radius 2 is 1.97 bits per heavy atom. The molecule has 1 unspecified atom stereocenters. The van der Waals surface area contributed by atoms with E-state index in [0.29, 0.717) is 15.6 Å². The van der Waals surface area contributed by atoms with Crippen molar-refractivity contribution >= 4 is 27.8 Å². The van der Waals surface area contributed by atoms with Crippen molar-refractivity contribution in [2.75, 3.05) is 7.11 Å². The van der Waals surface area contributed by atoms with Crippen LogP contribution in [-0.2, 0) is 22.2 Å². The number of alkyl halides is 3. The highest BCUT2D eigenvalue weighted by Gasteiger charge is 2.58. The number of carbonyl (C=O) groups excluding carboxylic acids is 1. The SMILES string of the molecule is COc1ncc(Br)cc1-c1ccc(C(F)(F)F)cc1CC(C(N)=O)C1(C(=O)O)CC1. The second-order valence-electron chi connectivity index (χ2n) is 7.20. The van der Waals surface area contributed by atoms with Gasteiger partial charge < -0.3 is 15.6 Å². The molecule has 6 nitrogen and oxygen atoms in total. The van der Waals surface area contributed by atoms with Crippen LogP contribution in [0.3, 0.4) is 0 Å². The molecule has 1 fully saturated rings. The molecule has 30 heavy (non-hydrogen) atoms. The van der Waals surface area contributed by atoms with Crippen molar-refractivity contribution in [3.63, 3.8) is 0 Å². The van der Waals surface area contributed by atoms with Gasteiger partial charge in [-0.3, -0.25) is 9.59 Å². The molecule has 0 saturated heterocycles. The molecule has 0 bridgehead atoms. The molecule has 1 saturated carbocycles. The minimum absolute atomic E-state index is 0.138. The lowest BCUT2D eigenvalue weighted by atomic mass is 9.81. The standard InChI is InChI=1S/C20H18BrF3N2O4/c1-30-17-14(8-12(21)9-26-17)13-3-2-11(20(22,23)24)6-10(13)7-15(16(25)27)19(4-5-19)18(28)29/h2-3,6,8-9,15H,4-5,7H2,1H3,(H2,25,27)(H,28,29). The average molecular weight is 487 g/mol. The van der Waals surface area contributed by atoms with Crippen molar-refractivity contribution in [2.45, 2.75) is 25.4 Å². The van der Waals surface area contributed by atoms with Crippen molar-refractivity contribution in [1.29, 1.82) is 0 Å². The minimum Gasteiger partial charge on any atom is -0.481 e. The Balaban J connectivity index is 2.17. The number of primary amides is 1. The molecule has 3 N–H and O–H groups in total. The van der Waals surface area contributed by atoms with Crippen LogP contribution in [0.4, 0.5) is 13.2 Å². The highest BCUT2D eigenvalue weighted by Crippen LogP contribution is 2.54. The van der Waals surface area contributed by atoms with E-state index < -0.39 is 34.9 Å². The zero-order valence-electron chi connectivity index (χ0n) is 15.8. The maximum Gasteiger partial charge on any atom is 0.416 e. The van der Waals surface area contributed by atoms with Crippen LogP contribution in [-0.4, -0.2) is 29.1 Å². The number of aromatic nitrogens is 1. The first kappa shape index (κ1) is 22.1. The van der Waals surface area contributed by atoms with Crippen LogP contribution in [0.25, 0.3) is 11.1 Å². The van der Waals surface area contributed by atoms with Crippen LogP contribution in [0.2, 0.25) is 0 Å². The van der Waals surface area contributed by atoms with Crippen LogP contribution >= 0.6 is 15.9 Å². The van der Waals surface area contributed by atoms with Gasteiger partial charge in [-0.05, 0) is 64.5 Å². The van der Waals surface area contributed by atoms with E-state index in [0.717, 1.165) is 12.1 Å². The van der Waals surface area contributed by atoms with E-state index in [2.05, 4.69) is 20.9 Å². The lowest BCUT2D eigenvalue weighted by Crippen LogP contribution is -2.37. The number of amides is 1. The number of nitrogens with zero attached hydrogens (tertiary/aromatic N) is 1. The Kier molecular flexibility index (Phi) is 5.81. The Morgan fingerprint density at radius 1 is 1.30 bits per heavy atom. The Bertz CT molecular complexity index is 1010. The van der Waals surface area contributed by atoms with Gasteiger partial charge in [0.2, 0.25) is 11.8 Å². The summed E-state index contributed by atoms with van der Waals surface area (Å²) in [7, 11) is 1.37. The van der Waals surface area contributed by atoms with Gasteiger partial charge in [-0.2, -0.15) is 13.2 Å². The lowest BCUT2D eigenvalue weighted by molar-refractivity contribution is -0.148.